The normalized spacial score (nSPS) is 11.0. The number of rotatable bonds is 4. The highest BCUT2D eigenvalue weighted by molar-refractivity contribution is 5.86. The molecular formula is C6H7F3O3. The summed E-state index contributed by atoms with van der Waals surface area (Å²) in [5.74, 6) is -1.16. The number of carbonyl (C=O) groups excluding carboxylic acids is 1. The van der Waals surface area contributed by atoms with Crippen molar-refractivity contribution in [1.29, 1.82) is 0 Å². The monoisotopic (exact) mass is 184 g/mol. The molecule has 0 heterocycles. The van der Waals surface area contributed by atoms with Gasteiger partial charge in [0.1, 0.15) is 0 Å². The summed E-state index contributed by atoms with van der Waals surface area (Å²) in [6, 6.07) is 0. The third-order valence-corrected chi connectivity index (χ3v) is 0.743. The lowest BCUT2D eigenvalue weighted by atomic mass is 10.4. The van der Waals surface area contributed by atoms with Crippen LogP contribution in [0.25, 0.3) is 0 Å². The molecule has 12 heavy (non-hydrogen) atoms. The molecule has 0 rings (SSSR count). The van der Waals surface area contributed by atoms with Crippen LogP contribution in [0.2, 0.25) is 0 Å². The number of alkyl halides is 3. The van der Waals surface area contributed by atoms with Crippen molar-refractivity contribution in [2.24, 2.45) is 0 Å². The van der Waals surface area contributed by atoms with E-state index in [2.05, 4.69) is 16.4 Å². The third kappa shape index (κ3) is 3.97. The second kappa shape index (κ2) is 4.10. The van der Waals surface area contributed by atoms with E-state index >= 15 is 0 Å². The molecule has 0 bridgehead atoms. The van der Waals surface area contributed by atoms with Gasteiger partial charge in [0.15, 0.2) is 6.67 Å². The zero-order chi connectivity index (χ0) is 9.78. The predicted molar refractivity (Wildman–Crippen MR) is 32.9 cm³/mol. The minimum absolute atomic E-state index is 0.121. The topological polar surface area (TPSA) is 35.5 Å². The first kappa shape index (κ1) is 11.0. The minimum Gasteiger partial charge on any atom is -0.287 e. The Hall–Kier alpha value is -1.04. The van der Waals surface area contributed by atoms with Crippen LogP contribution in [-0.4, -0.2) is 18.8 Å². The molecule has 0 amide bonds. The second-order valence-corrected chi connectivity index (χ2v) is 2.01. The van der Waals surface area contributed by atoms with Gasteiger partial charge in [0.2, 0.25) is 0 Å². The number of carbonyl (C=O) groups is 1. The van der Waals surface area contributed by atoms with Crippen LogP contribution in [-0.2, 0) is 14.6 Å². The molecule has 0 aliphatic carbocycles. The van der Waals surface area contributed by atoms with Crippen LogP contribution in [0.3, 0.4) is 0 Å². The summed E-state index contributed by atoms with van der Waals surface area (Å²) in [4.78, 5) is 17.1. The number of halogens is 3. The highest BCUT2D eigenvalue weighted by Crippen LogP contribution is 2.16. The van der Waals surface area contributed by atoms with E-state index in [0.717, 1.165) is 0 Å². The minimum atomic E-state index is -4.09. The van der Waals surface area contributed by atoms with Gasteiger partial charge in [-0.3, -0.25) is 4.89 Å². The van der Waals surface area contributed by atoms with Crippen molar-refractivity contribution in [1.82, 2.24) is 0 Å². The summed E-state index contributed by atoms with van der Waals surface area (Å²) >= 11 is 0. The highest BCUT2D eigenvalue weighted by Gasteiger charge is 2.33. The van der Waals surface area contributed by atoms with Crippen molar-refractivity contribution in [3.05, 3.63) is 12.2 Å². The van der Waals surface area contributed by atoms with Crippen molar-refractivity contribution < 1.29 is 27.7 Å². The maximum Gasteiger partial charge on any atom is 0.418 e. The van der Waals surface area contributed by atoms with Gasteiger partial charge in [-0.2, -0.15) is 8.78 Å². The molecule has 0 fully saturated rings. The van der Waals surface area contributed by atoms with Crippen LogP contribution >= 0.6 is 0 Å². The van der Waals surface area contributed by atoms with Crippen LogP contribution in [0, 0.1) is 0 Å². The maximum atomic E-state index is 11.9. The molecule has 0 saturated carbocycles. The van der Waals surface area contributed by atoms with E-state index < -0.39 is 18.8 Å². The predicted octanol–water partition coefficient (Wildman–Crippen LogP) is 1.60. The summed E-state index contributed by atoms with van der Waals surface area (Å²) in [7, 11) is 0. The van der Waals surface area contributed by atoms with E-state index in [0.29, 0.717) is 0 Å². The van der Waals surface area contributed by atoms with E-state index in [4.69, 9.17) is 0 Å². The van der Waals surface area contributed by atoms with E-state index in [9.17, 15) is 18.0 Å². The Balaban J connectivity index is 3.83. The fourth-order valence-electron chi connectivity index (χ4n) is 0.192. The maximum absolute atomic E-state index is 11.9. The van der Waals surface area contributed by atoms with E-state index in [-0.39, 0.29) is 5.57 Å². The average molecular weight is 184 g/mol. The second-order valence-electron chi connectivity index (χ2n) is 2.01. The Bertz CT molecular complexity index is 190. The van der Waals surface area contributed by atoms with E-state index in [1.165, 1.54) is 6.92 Å². The SMILES string of the molecule is C=C(C)C(=O)OOC(F)(F)CF. The first-order valence-electron chi connectivity index (χ1n) is 2.88. The van der Waals surface area contributed by atoms with Crippen LogP contribution in [0.1, 0.15) is 6.92 Å². The van der Waals surface area contributed by atoms with Gasteiger partial charge in [0.05, 0.1) is 0 Å². The lowest BCUT2D eigenvalue weighted by Crippen LogP contribution is -2.25. The van der Waals surface area contributed by atoms with Gasteiger partial charge >= 0.3 is 12.1 Å². The van der Waals surface area contributed by atoms with Gasteiger partial charge in [-0.25, -0.2) is 9.18 Å². The first-order valence-corrected chi connectivity index (χ1v) is 2.88. The first-order chi connectivity index (χ1) is 5.39. The van der Waals surface area contributed by atoms with Crippen LogP contribution < -0.4 is 0 Å². The highest BCUT2D eigenvalue weighted by atomic mass is 19.3. The molecule has 0 N–H and O–H groups in total. The molecule has 0 radical (unpaired) electrons. The molecule has 0 unspecified atom stereocenters. The molecule has 0 saturated heterocycles. The number of hydrogen-bond acceptors (Lipinski definition) is 3. The molecule has 0 aromatic heterocycles. The Morgan fingerprint density at radius 1 is 1.58 bits per heavy atom. The Morgan fingerprint density at radius 3 is 2.42 bits per heavy atom. The van der Waals surface area contributed by atoms with Crippen molar-refractivity contribution >= 4 is 5.97 Å². The molecule has 0 aromatic carbocycles. The quantitative estimate of drug-likeness (QED) is 0.378. The van der Waals surface area contributed by atoms with Gasteiger partial charge in [-0.15, -0.1) is 4.89 Å². The van der Waals surface area contributed by atoms with Gasteiger partial charge in [0, 0.05) is 5.57 Å². The largest absolute Gasteiger partial charge is 0.418 e. The smallest absolute Gasteiger partial charge is 0.287 e. The van der Waals surface area contributed by atoms with Crippen molar-refractivity contribution in [3.8, 4) is 0 Å². The number of hydrogen-bond donors (Lipinski definition) is 0. The zero-order valence-electron chi connectivity index (χ0n) is 6.27. The molecule has 6 heteroatoms. The van der Waals surface area contributed by atoms with Crippen LogP contribution in [0.4, 0.5) is 13.2 Å². The van der Waals surface area contributed by atoms with Gasteiger partial charge in [0.25, 0.3) is 0 Å². The van der Waals surface area contributed by atoms with Crippen molar-refractivity contribution in [2.75, 3.05) is 6.67 Å². The summed E-state index contributed by atoms with van der Waals surface area (Å²) < 4.78 is 35.1. The van der Waals surface area contributed by atoms with Crippen LogP contribution in [0.5, 0.6) is 0 Å². The summed E-state index contributed by atoms with van der Waals surface area (Å²) in [6.07, 6.45) is -4.09. The van der Waals surface area contributed by atoms with E-state index in [1.54, 1.807) is 0 Å². The van der Waals surface area contributed by atoms with Gasteiger partial charge in [-0.1, -0.05) is 6.58 Å². The fraction of sp³-hybridized carbons (Fsp3) is 0.500. The Labute approximate surface area is 66.7 Å². The molecule has 0 aromatic rings. The van der Waals surface area contributed by atoms with Gasteiger partial charge < -0.3 is 0 Å². The summed E-state index contributed by atoms with van der Waals surface area (Å²) in [5.41, 5.74) is -0.121. The average Bonchev–Trinajstić information content (AvgIpc) is 2.00. The van der Waals surface area contributed by atoms with Crippen LogP contribution in [0.15, 0.2) is 12.2 Å². The Morgan fingerprint density at radius 2 is 2.08 bits per heavy atom. The molecule has 0 atom stereocenters. The lowest BCUT2D eigenvalue weighted by molar-refractivity contribution is -0.414. The fourth-order valence-corrected chi connectivity index (χ4v) is 0.192. The standard InChI is InChI=1S/C6H7F3O3/c1-4(2)5(10)11-12-6(8,9)3-7/h1,3H2,2H3. The summed E-state index contributed by atoms with van der Waals surface area (Å²) in [5, 5.41) is 0. The zero-order valence-corrected chi connectivity index (χ0v) is 6.27. The van der Waals surface area contributed by atoms with E-state index in [1.807, 2.05) is 0 Å². The molecule has 0 aliphatic heterocycles. The van der Waals surface area contributed by atoms with Crippen molar-refractivity contribution in [3.63, 3.8) is 0 Å². The Kier molecular flexibility index (Phi) is 3.75. The lowest BCUT2D eigenvalue weighted by Gasteiger charge is -2.10. The molecule has 3 nitrogen and oxygen atoms in total. The molecule has 0 aliphatic rings. The third-order valence-electron chi connectivity index (χ3n) is 0.743. The molecule has 70 valence electrons. The molecule has 0 spiro atoms. The van der Waals surface area contributed by atoms with Crippen molar-refractivity contribution in [2.45, 2.75) is 13.0 Å². The molecular weight excluding hydrogens is 177 g/mol. The summed E-state index contributed by atoms with van der Waals surface area (Å²) in [6.45, 7) is 2.26. The van der Waals surface area contributed by atoms with Gasteiger partial charge in [-0.05, 0) is 6.92 Å².